The molecule has 4 rings (SSSR count). The Hall–Kier alpha value is -2.30. The van der Waals surface area contributed by atoms with E-state index in [2.05, 4.69) is 38.2 Å². The van der Waals surface area contributed by atoms with Crippen molar-refractivity contribution in [3.63, 3.8) is 0 Å². The summed E-state index contributed by atoms with van der Waals surface area (Å²) in [6.07, 6.45) is 5.78. The summed E-state index contributed by atoms with van der Waals surface area (Å²) in [7, 11) is 1.77. The maximum absolute atomic E-state index is 13.4. The summed E-state index contributed by atoms with van der Waals surface area (Å²) in [6.45, 7) is 6.79. The van der Waals surface area contributed by atoms with Crippen molar-refractivity contribution in [2.75, 3.05) is 13.6 Å². The van der Waals surface area contributed by atoms with E-state index in [1.807, 2.05) is 4.90 Å². The molecule has 3 aliphatic rings. The van der Waals surface area contributed by atoms with Gasteiger partial charge in [0.2, 0.25) is 0 Å². The molecule has 0 unspecified atom stereocenters. The normalized spacial score (nSPS) is 23.8. The summed E-state index contributed by atoms with van der Waals surface area (Å²) in [4.78, 5) is 29.7. The lowest BCUT2D eigenvalue weighted by Crippen LogP contribution is -2.45. The third kappa shape index (κ3) is 2.93. The number of likely N-dealkylation sites (N-methyl/N-ethyl adjacent to an activating group) is 1. The number of carbonyl (C=O) groups is 2. The van der Waals surface area contributed by atoms with Gasteiger partial charge in [0.1, 0.15) is 0 Å². The van der Waals surface area contributed by atoms with Crippen molar-refractivity contribution in [2.45, 2.75) is 65.0 Å². The molecule has 5 heteroatoms. The molecule has 27 heavy (non-hydrogen) atoms. The Labute approximate surface area is 161 Å². The average Bonchev–Trinajstić information content (AvgIpc) is 3.00. The van der Waals surface area contributed by atoms with Gasteiger partial charge in [-0.25, -0.2) is 4.79 Å². The number of aryl methyl sites for hydroxylation is 3. The lowest BCUT2D eigenvalue weighted by atomic mass is 9.89. The van der Waals surface area contributed by atoms with Crippen molar-refractivity contribution in [2.24, 2.45) is 0 Å². The first-order chi connectivity index (χ1) is 12.9. The summed E-state index contributed by atoms with van der Waals surface area (Å²) >= 11 is 0. The van der Waals surface area contributed by atoms with E-state index in [4.69, 9.17) is 0 Å². The molecule has 0 spiro atoms. The smallest absolute Gasteiger partial charge is 0.322 e. The van der Waals surface area contributed by atoms with Crippen LogP contribution in [0.3, 0.4) is 0 Å². The first-order valence-corrected chi connectivity index (χ1v) is 10.0. The van der Waals surface area contributed by atoms with E-state index < -0.39 is 0 Å². The van der Waals surface area contributed by atoms with Crippen LogP contribution in [-0.2, 0) is 4.79 Å². The van der Waals surface area contributed by atoms with Gasteiger partial charge in [0, 0.05) is 13.1 Å². The van der Waals surface area contributed by atoms with Gasteiger partial charge in [0.05, 0.1) is 23.9 Å². The highest BCUT2D eigenvalue weighted by atomic mass is 16.2. The zero-order valence-corrected chi connectivity index (χ0v) is 16.8. The Morgan fingerprint density at radius 2 is 1.63 bits per heavy atom. The first-order valence-electron chi connectivity index (χ1n) is 10.0. The number of urea groups is 1. The highest BCUT2D eigenvalue weighted by Crippen LogP contribution is 2.39. The second-order valence-corrected chi connectivity index (χ2v) is 8.32. The van der Waals surface area contributed by atoms with Gasteiger partial charge in [-0.15, -0.1) is 0 Å². The van der Waals surface area contributed by atoms with E-state index in [9.17, 15) is 9.59 Å². The SMILES string of the molecule is Cc1cc(C)c([C@@H]2NC(=O)N(C)C3=C2C(=O)N(C2CCCCC2)C3)cc1C. The average molecular weight is 367 g/mol. The molecule has 2 heterocycles. The Kier molecular flexibility index (Phi) is 4.49. The lowest BCUT2D eigenvalue weighted by Gasteiger charge is -2.32. The summed E-state index contributed by atoms with van der Waals surface area (Å²) < 4.78 is 0. The van der Waals surface area contributed by atoms with E-state index in [0.717, 1.165) is 35.2 Å². The molecule has 2 aliphatic heterocycles. The number of rotatable bonds is 2. The van der Waals surface area contributed by atoms with Gasteiger partial charge in [0.15, 0.2) is 0 Å². The zero-order chi connectivity index (χ0) is 19.3. The van der Waals surface area contributed by atoms with E-state index >= 15 is 0 Å². The molecule has 0 radical (unpaired) electrons. The van der Waals surface area contributed by atoms with Crippen molar-refractivity contribution in [1.29, 1.82) is 0 Å². The van der Waals surface area contributed by atoms with Gasteiger partial charge in [-0.2, -0.15) is 0 Å². The minimum atomic E-state index is -0.357. The summed E-state index contributed by atoms with van der Waals surface area (Å²) in [5, 5.41) is 3.08. The molecule has 1 aliphatic carbocycles. The van der Waals surface area contributed by atoms with Crippen molar-refractivity contribution in [3.8, 4) is 0 Å². The van der Waals surface area contributed by atoms with E-state index in [1.54, 1.807) is 11.9 Å². The summed E-state index contributed by atoms with van der Waals surface area (Å²) in [6, 6.07) is 4.09. The number of nitrogens with one attached hydrogen (secondary N) is 1. The molecule has 1 saturated carbocycles. The lowest BCUT2D eigenvalue weighted by molar-refractivity contribution is -0.128. The molecule has 3 amide bonds. The number of amides is 3. The molecule has 0 aromatic heterocycles. The predicted octanol–water partition coefficient (Wildman–Crippen LogP) is 3.74. The molecule has 1 aromatic carbocycles. The number of benzene rings is 1. The van der Waals surface area contributed by atoms with Gasteiger partial charge in [-0.3, -0.25) is 9.69 Å². The van der Waals surface area contributed by atoms with Crippen LogP contribution in [-0.4, -0.2) is 41.4 Å². The molecule has 5 nitrogen and oxygen atoms in total. The van der Waals surface area contributed by atoms with Crippen molar-refractivity contribution >= 4 is 11.9 Å². The Morgan fingerprint density at radius 3 is 2.33 bits per heavy atom. The first kappa shape index (κ1) is 18.1. The second-order valence-electron chi connectivity index (χ2n) is 8.32. The molecule has 0 bridgehead atoms. The van der Waals surface area contributed by atoms with E-state index in [1.165, 1.54) is 30.4 Å². The van der Waals surface area contributed by atoms with Crippen LogP contribution >= 0.6 is 0 Å². The molecular weight excluding hydrogens is 338 g/mol. The summed E-state index contributed by atoms with van der Waals surface area (Å²) in [5.41, 5.74) is 6.19. The molecule has 1 aromatic rings. The third-order valence-corrected chi connectivity index (χ3v) is 6.60. The Balaban J connectivity index is 1.74. The number of hydrogen-bond donors (Lipinski definition) is 1. The molecule has 144 valence electrons. The van der Waals surface area contributed by atoms with Crippen molar-refractivity contribution in [1.82, 2.24) is 15.1 Å². The van der Waals surface area contributed by atoms with Gasteiger partial charge >= 0.3 is 6.03 Å². The van der Waals surface area contributed by atoms with Crippen LogP contribution in [0.1, 0.15) is 60.4 Å². The van der Waals surface area contributed by atoms with E-state index in [-0.39, 0.29) is 18.0 Å². The monoisotopic (exact) mass is 367 g/mol. The van der Waals surface area contributed by atoms with Gasteiger partial charge in [0.25, 0.3) is 5.91 Å². The van der Waals surface area contributed by atoms with Crippen LogP contribution in [0.2, 0.25) is 0 Å². The molecule has 1 N–H and O–H groups in total. The molecule has 1 atom stereocenters. The molecule has 1 fully saturated rings. The molecular formula is C22H29N3O2. The Bertz CT molecular complexity index is 836. The van der Waals surface area contributed by atoms with Crippen molar-refractivity contribution < 1.29 is 9.59 Å². The number of nitrogens with zero attached hydrogens (tertiary/aromatic N) is 2. The highest BCUT2D eigenvalue weighted by Gasteiger charge is 2.45. The topological polar surface area (TPSA) is 52.7 Å². The number of carbonyl (C=O) groups excluding carboxylic acids is 2. The van der Waals surface area contributed by atoms with Gasteiger partial charge < -0.3 is 10.2 Å². The minimum absolute atomic E-state index is 0.103. The van der Waals surface area contributed by atoms with E-state index in [0.29, 0.717) is 12.6 Å². The van der Waals surface area contributed by atoms with Crippen LogP contribution in [0, 0.1) is 20.8 Å². The standard InChI is InChI=1S/C22H29N3O2/c1-13-10-15(3)17(11-14(13)2)20-19-18(24(4)22(27)23-20)12-25(21(19)26)16-8-6-5-7-9-16/h10-11,16,20H,5-9,12H2,1-4H3,(H,23,27)/t20-/m0/s1. The van der Waals surface area contributed by atoms with Crippen LogP contribution in [0.4, 0.5) is 4.79 Å². The maximum Gasteiger partial charge on any atom is 0.322 e. The quantitative estimate of drug-likeness (QED) is 0.866. The van der Waals surface area contributed by atoms with Crippen LogP contribution < -0.4 is 5.32 Å². The predicted molar refractivity (Wildman–Crippen MR) is 105 cm³/mol. The maximum atomic E-state index is 13.4. The van der Waals surface area contributed by atoms with Crippen LogP contribution in [0.15, 0.2) is 23.4 Å². The fourth-order valence-corrected chi connectivity index (χ4v) is 4.80. The summed E-state index contributed by atoms with van der Waals surface area (Å²) in [5.74, 6) is 0.103. The van der Waals surface area contributed by atoms with Crippen LogP contribution in [0.25, 0.3) is 0 Å². The third-order valence-electron chi connectivity index (χ3n) is 6.60. The molecule has 0 saturated heterocycles. The fraction of sp³-hybridized carbons (Fsp3) is 0.545. The van der Waals surface area contributed by atoms with Crippen molar-refractivity contribution in [3.05, 3.63) is 45.7 Å². The minimum Gasteiger partial charge on any atom is -0.330 e. The van der Waals surface area contributed by atoms with Gasteiger partial charge in [-0.1, -0.05) is 31.4 Å². The Morgan fingerprint density at radius 1 is 0.963 bits per heavy atom. The largest absolute Gasteiger partial charge is 0.330 e. The fourth-order valence-electron chi connectivity index (χ4n) is 4.80. The second kappa shape index (κ2) is 6.70. The highest BCUT2D eigenvalue weighted by molar-refractivity contribution is 6.01. The number of hydrogen-bond acceptors (Lipinski definition) is 2. The van der Waals surface area contributed by atoms with Crippen LogP contribution in [0.5, 0.6) is 0 Å². The van der Waals surface area contributed by atoms with Gasteiger partial charge in [-0.05, 0) is 55.9 Å². The zero-order valence-electron chi connectivity index (χ0n) is 16.8.